The van der Waals surface area contributed by atoms with Gasteiger partial charge >= 0.3 is 0 Å². The number of fused-ring (bicyclic) bond motifs is 1. The summed E-state index contributed by atoms with van der Waals surface area (Å²) in [6, 6.07) is 10.9. The minimum Gasteiger partial charge on any atom is -0.479 e. The lowest BCUT2D eigenvalue weighted by atomic mass is 10.0. The van der Waals surface area contributed by atoms with Crippen LogP contribution in [0.4, 0.5) is 5.95 Å². The van der Waals surface area contributed by atoms with Gasteiger partial charge in [0.05, 0.1) is 7.11 Å². The molecule has 0 radical (unpaired) electrons. The van der Waals surface area contributed by atoms with Crippen molar-refractivity contribution in [2.24, 2.45) is 0 Å². The van der Waals surface area contributed by atoms with Gasteiger partial charge in [-0.1, -0.05) is 30.3 Å². The van der Waals surface area contributed by atoms with E-state index in [9.17, 15) is 0 Å². The number of methoxy groups -OCH3 is 1. The van der Waals surface area contributed by atoms with Crippen LogP contribution in [-0.4, -0.2) is 44.6 Å². The van der Waals surface area contributed by atoms with Gasteiger partial charge in [0, 0.05) is 25.7 Å². The molecule has 7 nitrogen and oxygen atoms in total. The highest BCUT2D eigenvalue weighted by Crippen LogP contribution is 2.31. The van der Waals surface area contributed by atoms with E-state index in [-0.39, 0.29) is 0 Å². The summed E-state index contributed by atoms with van der Waals surface area (Å²) in [6.07, 6.45) is 3.55. The first-order chi connectivity index (χ1) is 12.3. The molecule has 0 saturated carbocycles. The molecule has 2 aromatic heterocycles. The van der Waals surface area contributed by atoms with E-state index in [0.29, 0.717) is 23.4 Å². The average molecular weight is 338 g/mol. The summed E-state index contributed by atoms with van der Waals surface area (Å²) < 4.78 is 7.32. The molecule has 0 unspecified atom stereocenters. The van der Waals surface area contributed by atoms with Gasteiger partial charge in [0.25, 0.3) is 0 Å². The number of ether oxygens (including phenoxy) is 1. The van der Waals surface area contributed by atoms with Gasteiger partial charge in [0.2, 0.25) is 11.8 Å². The van der Waals surface area contributed by atoms with Gasteiger partial charge in [-0.15, -0.1) is 0 Å². The summed E-state index contributed by atoms with van der Waals surface area (Å²) in [5.41, 5.74) is 8.92. The number of nitrogens with zero attached hydrogens (tertiary/aromatic N) is 5. The zero-order valence-electron chi connectivity index (χ0n) is 14.3. The van der Waals surface area contributed by atoms with Gasteiger partial charge in [-0.3, -0.25) is 9.47 Å². The van der Waals surface area contributed by atoms with E-state index >= 15 is 0 Å². The van der Waals surface area contributed by atoms with E-state index in [1.807, 2.05) is 4.57 Å². The third-order valence-corrected chi connectivity index (χ3v) is 4.84. The summed E-state index contributed by atoms with van der Waals surface area (Å²) in [5, 5.41) is 0. The predicted molar refractivity (Wildman–Crippen MR) is 96.3 cm³/mol. The van der Waals surface area contributed by atoms with Crippen LogP contribution in [0.3, 0.4) is 0 Å². The first kappa shape index (κ1) is 15.8. The zero-order chi connectivity index (χ0) is 17.2. The topological polar surface area (TPSA) is 82.1 Å². The number of imidazole rings is 1. The Kier molecular flexibility index (Phi) is 4.23. The largest absolute Gasteiger partial charge is 0.479 e. The molecule has 1 aromatic carbocycles. The Hall–Kier alpha value is -2.67. The summed E-state index contributed by atoms with van der Waals surface area (Å²) in [5.74, 6) is 0.951. The molecular formula is C18H22N6O. The quantitative estimate of drug-likeness (QED) is 0.786. The first-order valence-electron chi connectivity index (χ1n) is 8.55. The summed E-state index contributed by atoms with van der Waals surface area (Å²) in [7, 11) is 1.58. The van der Waals surface area contributed by atoms with Gasteiger partial charge in [-0.25, -0.2) is 9.97 Å². The second-order valence-electron chi connectivity index (χ2n) is 6.39. The van der Waals surface area contributed by atoms with E-state index in [2.05, 4.69) is 50.2 Å². The van der Waals surface area contributed by atoms with Crippen LogP contribution in [0, 0.1) is 0 Å². The van der Waals surface area contributed by atoms with Crippen molar-refractivity contribution in [3.63, 3.8) is 0 Å². The third-order valence-electron chi connectivity index (χ3n) is 4.84. The second kappa shape index (κ2) is 6.68. The molecule has 0 atom stereocenters. The van der Waals surface area contributed by atoms with Crippen LogP contribution in [0.15, 0.2) is 36.7 Å². The number of aromatic nitrogens is 4. The van der Waals surface area contributed by atoms with Crippen LogP contribution in [-0.2, 0) is 6.54 Å². The molecule has 2 N–H and O–H groups in total. The van der Waals surface area contributed by atoms with Crippen molar-refractivity contribution >= 4 is 17.1 Å². The van der Waals surface area contributed by atoms with Crippen molar-refractivity contribution in [2.75, 3.05) is 25.9 Å². The molecule has 1 fully saturated rings. The molecular weight excluding hydrogens is 316 g/mol. The number of piperidine rings is 1. The number of hydrogen-bond donors (Lipinski definition) is 1. The van der Waals surface area contributed by atoms with Gasteiger partial charge in [0.15, 0.2) is 11.2 Å². The standard InChI is InChI=1S/C18H22N6O/c1-25-17-15-16(20-12-21-17)24(18(19)22-15)14-7-9-23(10-8-14)11-13-5-3-2-4-6-13/h2-6,12,14H,7-11H2,1H3,(H2,19,22). The number of benzene rings is 1. The van der Waals surface area contributed by atoms with E-state index in [4.69, 9.17) is 10.5 Å². The van der Waals surface area contributed by atoms with Crippen molar-refractivity contribution in [1.29, 1.82) is 0 Å². The number of anilines is 1. The monoisotopic (exact) mass is 338 g/mol. The summed E-state index contributed by atoms with van der Waals surface area (Å²) in [6.45, 7) is 3.05. The Labute approximate surface area is 146 Å². The fraction of sp³-hybridized carbons (Fsp3) is 0.389. The van der Waals surface area contributed by atoms with Crippen LogP contribution in [0.2, 0.25) is 0 Å². The number of rotatable bonds is 4. The summed E-state index contributed by atoms with van der Waals surface area (Å²) >= 11 is 0. The molecule has 3 aromatic rings. The molecule has 1 aliphatic heterocycles. The normalized spacial score (nSPS) is 16.4. The lowest BCUT2D eigenvalue weighted by Gasteiger charge is -2.33. The van der Waals surface area contributed by atoms with Crippen LogP contribution in [0.5, 0.6) is 5.88 Å². The lowest BCUT2D eigenvalue weighted by Crippen LogP contribution is -2.34. The van der Waals surface area contributed by atoms with E-state index in [1.165, 1.54) is 11.9 Å². The maximum atomic E-state index is 6.18. The van der Waals surface area contributed by atoms with Crippen LogP contribution in [0.25, 0.3) is 11.2 Å². The highest BCUT2D eigenvalue weighted by Gasteiger charge is 2.25. The van der Waals surface area contributed by atoms with Gasteiger partial charge in [-0.2, -0.15) is 4.98 Å². The first-order valence-corrected chi connectivity index (χ1v) is 8.55. The number of nitrogen functional groups attached to an aromatic ring is 1. The number of likely N-dealkylation sites (tertiary alicyclic amines) is 1. The van der Waals surface area contributed by atoms with E-state index in [0.717, 1.165) is 38.1 Å². The van der Waals surface area contributed by atoms with Crippen LogP contribution < -0.4 is 10.5 Å². The predicted octanol–water partition coefficient (Wildman–Crippen LogP) is 2.25. The third kappa shape index (κ3) is 3.02. The highest BCUT2D eigenvalue weighted by molar-refractivity contribution is 5.79. The minimum atomic E-state index is 0.302. The molecule has 25 heavy (non-hydrogen) atoms. The Morgan fingerprint density at radius 2 is 1.92 bits per heavy atom. The summed E-state index contributed by atoms with van der Waals surface area (Å²) in [4.78, 5) is 15.4. The van der Waals surface area contributed by atoms with Crippen LogP contribution >= 0.6 is 0 Å². The molecule has 4 rings (SSSR count). The average Bonchev–Trinajstić information content (AvgIpc) is 2.99. The smallest absolute Gasteiger partial charge is 0.245 e. The van der Waals surface area contributed by atoms with Gasteiger partial charge < -0.3 is 10.5 Å². The maximum Gasteiger partial charge on any atom is 0.245 e. The molecule has 0 aliphatic carbocycles. The van der Waals surface area contributed by atoms with E-state index in [1.54, 1.807) is 7.11 Å². The molecule has 1 saturated heterocycles. The van der Waals surface area contributed by atoms with E-state index < -0.39 is 0 Å². The maximum absolute atomic E-state index is 6.18. The molecule has 0 bridgehead atoms. The highest BCUT2D eigenvalue weighted by atomic mass is 16.5. The number of hydrogen-bond acceptors (Lipinski definition) is 6. The zero-order valence-corrected chi connectivity index (χ0v) is 14.3. The number of nitrogens with two attached hydrogens (primary N) is 1. The second-order valence-corrected chi connectivity index (χ2v) is 6.39. The molecule has 0 spiro atoms. The van der Waals surface area contributed by atoms with Crippen molar-refractivity contribution in [1.82, 2.24) is 24.4 Å². The molecule has 0 amide bonds. The Bertz CT molecular complexity index is 855. The van der Waals surface area contributed by atoms with Gasteiger partial charge in [0.1, 0.15) is 6.33 Å². The van der Waals surface area contributed by atoms with Crippen LogP contribution in [0.1, 0.15) is 24.4 Å². The Balaban J connectivity index is 1.51. The van der Waals surface area contributed by atoms with Crippen molar-refractivity contribution in [2.45, 2.75) is 25.4 Å². The Morgan fingerprint density at radius 3 is 2.64 bits per heavy atom. The fourth-order valence-electron chi connectivity index (χ4n) is 3.59. The SMILES string of the molecule is COc1ncnc2c1nc(N)n2C1CCN(Cc2ccccc2)CC1. The molecule has 7 heteroatoms. The van der Waals surface area contributed by atoms with Crippen molar-refractivity contribution < 1.29 is 4.74 Å². The molecule has 3 heterocycles. The fourth-order valence-corrected chi connectivity index (χ4v) is 3.59. The molecule has 130 valence electrons. The lowest BCUT2D eigenvalue weighted by molar-refractivity contribution is 0.182. The Morgan fingerprint density at radius 1 is 1.16 bits per heavy atom. The van der Waals surface area contributed by atoms with Crippen molar-refractivity contribution in [3.8, 4) is 5.88 Å². The molecule has 1 aliphatic rings. The van der Waals surface area contributed by atoms with Gasteiger partial charge in [-0.05, 0) is 18.4 Å². The van der Waals surface area contributed by atoms with Crippen molar-refractivity contribution in [3.05, 3.63) is 42.2 Å². The minimum absolute atomic E-state index is 0.302.